The lowest BCUT2D eigenvalue weighted by Crippen LogP contribution is -1.99. The van der Waals surface area contributed by atoms with Crippen molar-refractivity contribution in [3.05, 3.63) is 69.8 Å². The second kappa shape index (κ2) is 7.40. The molecule has 0 heterocycles. The fourth-order valence-corrected chi connectivity index (χ4v) is 2.76. The molecule has 0 bridgehead atoms. The third-order valence-electron chi connectivity index (χ3n) is 4.32. The summed E-state index contributed by atoms with van der Waals surface area (Å²) in [6, 6.07) is 13.5. The number of hydrogen-bond acceptors (Lipinski definition) is 1. The van der Waals surface area contributed by atoms with Gasteiger partial charge in [-0.15, -0.1) is 0 Å². The summed E-state index contributed by atoms with van der Waals surface area (Å²) in [7, 11) is 0. The molecule has 0 fully saturated rings. The highest BCUT2D eigenvalue weighted by Crippen LogP contribution is 2.23. The summed E-state index contributed by atoms with van der Waals surface area (Å²) in [5.41, 5.74) is 7.95. The van der Waals surface area contributed by atoms with Crippen molar-refractivity contribution in [3.8, 4) is 0 Å². The van der Waals surface area contributed by atoms with Crippen molar-refractivity contribution in [2.24, 2.45) is 4.99 Å². The fraction of sp³-hybridized carbons (Fsp3) is 0.381. The van der Waals surface area contributed by atoms with E-state index in [1.807, 2.05) is 6.21 Å². The number of hydrogen-bond donors (Lipinski definition) is 0. The van der Waals surface area contributed by atoms with E-state index in [9.17, 15) is 0 Å². The number of aliphatic imine (C=N–C) groups is 1. The molecule has 0 aromatic heterocycles. The zero-order chi connectivity index (χ0) is 16.1. The molecule has 0 saturated carbocycles. The second-order valence-electron chi connectivity index (χ2n) is 6.05. The van der Waals surface area contributed by atoms with E-state index in [0.717, 1.165) is 12.8 Å². The van der Waals surface area contributed by atoms with Crippen molar-refractivity contribution < 1.29 is 0 Å². The molecular weight excluding hydrogens is 266 g/mol. The molecule has 1 atom stereocenters. The maximum atomic E-state index is 4.81. The zero-order valence-electron chi connectivity index (χ0n) is 14.5. The quantitative estimate of drug-likeness (QED) is 0.635. The zero-order valence-corrected chi connectivity index (χ0v) is 14.5. The van der Waals surface area contributed by atoms with Crippen LogP contribution in [0.15, 0.2) is 41.4 Å². The van der Waals surface area contributed by atoms with Crippen LogP contribution in [0.2, 0.25) is 0 Å². The Morgan fingerprint density at radius 1 is 1.00 bits per heavy atom. The Morgan fingerprint density at radius 2 is 1.77 bits per heavy atom. The maximum absolute atomic E-state index is 4.81. The van der Waals surface area contributed by atoms with Crippen LogP contribution in [-0.2, 0) is 12.8 Å². The monoisotopic (exact) mass is 293 g/mol. The second-order valence-corrected chi connectivity index (χ2v) is 6.05. The van der Waals surface area contributed by atoms with Gasteiger partial charge in [0.15, 0.2) is 0 Å². The van der Waals surface area contributed by atoms with Crippen LogP contribution in [0.4, 0.5) is 0 Å². The molecule has 1 heteroatoms. The Hall–Kier alpha value is -1.89. The van der Waals surface area contributed by atoms with Crippen molar-refractivity contribution in [2.75, 3.05) is 0 Å². The number of nitrogens with zero attached hydrogens (tertiary/aromatic N) is 1. The largest absolute Gasteiger partial charge is 0.285 e. The molecule has 116 valence electrons. The molecule has 0 N–H and O–H groups in total. The van der Waals surface area contributed by atoms with Crippen molar-refractivity contribution in [1.82, 2.24) is 0 Å². The molecule has 1 nitrogen and oxygen atoms in total. The molecule has 0 amide bonds. The van der Waals surface area contributed by atoms with E-state index in [4.69, 9.17) is 4.99 Å². The van der Waals surface area contributed by atoms with E-state index in [1.165, 1.54) is 33.4 Å². The number of benzene rings is 2. The van der Waals surface area contributed by atoms with Crippen LogP contribution < -0.4 is 0 Å². The van der Waals surface area contributed by atoms with Gasteiger partial charge in [0.05, 0.1) is 6.04 Å². The maximum Gasteiger partial charge on any atom is 0.0723 e. The average molecular weight is 293 g/mol. The third-order valence-corrected chi connectivity index (χ3v) is 4.32. The minimum Gasteiger partial charge on any atom is -0.285 e. The van der Waals surface area contributed by atoms with Crippen LogP contribution in [0.3, 0.4) is 0 Å². The van der Waals surface area contributed by atoms with E-state index in [1.54, 1.807) is 0 Å². The molecule has 1 unspecified atom stereocenters. The normalized spacial score (nSPS) is 12.8. The van der Waals surface area contributed by atoms with E-state index in [2.05, 4.69) is 71.0 Å². The van der Waals surface area contributed by atoms with Gasteiger partial charge in [-0.25, -0.2) is 0 Å². The van der Waals surface area contributed by atoms with Gasteiger partial charge in [-0.05, 0) is 61.4 Å². The fourth-order valence-electron chi connectivity index (χ4n) is 2.76. The highest BCUT2D eigenvalue weighted by atomic mass is 14.8. The lowest BCUT2D eigenvalue weighted by molar-refractivity contribution is 0.805. The summed E-state index contributed by atoms with van der Waals surface area (Å²) in [5.74, 6) is 0. The van der Waals surface area contributed by atoms with Gasteiger partial charge < -0.3 is 0 Å². The van der Waals surface area contributed by atoms with Crippen LogP contribution >= 0.6 is 0 Å². The SMILES string of the molecule is CCc1ccc(C(C)/N=C\c2cc(C)ccc2C)c(CC)c1. The summed E-state index contributed by atoms with van der Waals surface area (Å²) in [6.45, 7) is 10.9. The van der Waals surface area contributed by atoms with E-state index >= 15 is 0 Å². The van der Waals surface area contributed by atoms with Crippen molar-refractivity contribution in [2.45, 2.75) is 53.5 Å². The first-order valence-corrected chi connectivity index (χ1v) is 8.27. The van der Waals surface area contributed by atoms with E-state index in [0.29, 0.717) is 0 Å². The van der Waals surface area contributed by atoms with Crippen LogP contribution in [-0.4, -0.2) is 6.21 Å². The lowest BCUT2D eigenvalue weighted by Gasteiger charge is -2.14. The number of aryl methyl sites for hydroxylation is 4. The third kappa shape index (κ3) is 3.85. The van der Waals surface area contributed by atoms with Gasteiger partial charge in [0.2, 0.25) is 0 Å². The van der Waals surface area contributed by atoms with Gasteiger partial charge in [-0.1, -0.05) is 55.8 Å². The molecule has 22 heavy (non-hydrogen) atoms. The minimum atomic E-state index is 0.195. The van der Waals surface area contributed by atoms with Gasteiger partial charge in [0, 0.05) is 6.21 Å². The molecule has 0 aliphatic rings. The van der Waals surface area contributed by atoms with Crippen LogP contribution in [0.25, 0.3) is 0 Å². The average Bonchev–Trinajstić information content (AvgIpc) is 2.54. The van der Waals surface area contributed by atoms with Gasteiger partial charge in [0.25, 0.3) is 0 Å². The molecular formula is C21H27N. The van der Waals surface area contributed by atoms with Gasteiger partial charge in [-0.2, -0.15) is 0 Å². The minimum absolute atomic E-state index is 0.195. The first-order valence-electron chi connectivity index (χ1n) is 8.27. The van der Waals surface area contributed by atoms with Crippen LogP contribution in [0.1, 0.15) is 60.2 Å². The molecule has 0 spiro atoms. The highest BCUT2D eigenvalue weighted by molar-refractivity contribution is 5.82. The first kappa shape index (κ1) is 16.5. The Labute approximate surface area is 135 Å². The lowest BCUT2D eigenvalue weighted by atomic mass is 9.96. The molecule has 0 radical (unpaired) electrons. The van der Waals surface area contributed by atoms with E-state index < -0.39 is 0 Å². The van der Waals surface area contributed by atoms with Crippen LogP contribution in [0.5, 0.6) is 0 Å². The summed E-state index contributed by atoms with van der Waals surface area (Å²) < 4.78 is 0. The van der Waals surface area contributed by atoms with Gasteiger partial charge in [-0.3, -0.25) is 4.99 Å². The van der Waals surface area contributed by atoms with Crippen molar-refractivity contribution in [3.63, 3.8) is 0 Å². The van der Waals surface area contributed by atoms with Gasteiger partial charge in [0.1, 0.15) is 0 Å². The Kier molecular flexibility index (Phi) is 5.54. The predicted molar refractivity (Wildman–Crippen MR) is 97.1 cm³/mol. The molecule has 2 aromatic carbocycles. The van der Waals surface area contributed by atoms with Gasteiger partial charge >= 0.3 is 0 Å². The van der Waals surface area contributed by atoms with E-state index in [-0.39, 0.29) is 6.04 Å². The van der Waals surface area contributed by atoms with Crippen molar-refractivity contribution >= 4 is 6.21 Å². The Balaban J connectivity index is 2.26. The summed E-state index contributed by atoms with van der Waals surface area (Å²) >= 11 is 0. The Morgan fingerprint density at radius 3 is 2.45 bits per heavy atom. The predicted octanol–water partition coefficient (Wildman–Crippen LogP) is 5.61. The van der Waals surface area contributed by atoms with Crippen molar-refractivity contribution in [1.29, 1.82) is 0 Å². The first-order chi connectivity index (χ1) is 10.5. The number of rotatable bonds is 5. The van der Waals surface area contributed by atoms with Crippen LogP contribution in [0, 0.1) is 13.8 Å². The highest BCUT2D eigenvalue weighted by Gasteiger charge is 2.08. The molecule has 2 rings (SSSR count). The Bertz CT molecular complexity index is 668. The summed E-state index contributed by atoms with van der Waals surface area (Å²) in [4.78, 5) is 4.81. The molecule has 0 aliphatic heterocycles. The standard InChI is InChI=1S/C21H27N/c1-6-18-10-11-21(19(7-2)13-18)17(5)22-14-20-12-15(3)8-9-16(20)4/h8-14,17H,6-7H2,1-5H3/b22-14-. The topological polar surface area (TPSA) is 12.4 Å². The molecule has 2 aromatic rings. The summed E-state index contributed by atoms with van der Waals surface area (Å²) in [6.07, 6.45) is 4.18. The molecule has 0 saturated heterocycles. The summed E-state index contributed by atoms with van der Waals surface area (Å²) in [5, 5.41) is 0. The molecule has 0 aliphatic carbocycles. The smallest absolute Gasteiger partial charge is 0.0723 e.